The number of aromatic hydroxyl groups is 2. The third-order valence-electron chi connectivity index (χ3n) is 2.21. The molecule has 2 amide bonds. The van der Waals surface area contributed by atoms with Crippen LogP contribution in [0.5, 0.6) is 11.5 Å². The summed E-state index contributed by atoms with van der Waals surface area (Å²) in [6, 6.07) is 2.86. The molecule has 1 aromatic rings. The zero-order chi connectivity index (χ0) is 13.0. The molecule has 6 heteroatoms. The van der Waals surface area contributed by atoms with E-state index in [0.717, 1.165) is 6.07 Å². The van der Waals surface area contributed by atoms with Gasteiger partial charge in [-0.1, -0.05) is 0 Å². The van der Waals surface area contributed by atoms with Gasteiger partial charge in [-0.2, -0.15) is 0 Å². The lowest BCUT2D eigenvalue weighted by atomic mass is 10.1. The molecule has 6 nitrogen and oxygen atoms in total. The van der Waals surface area contributed by atoms with Gasteiger partial charge in [0.25, 0.3) is 5.91 Å². The Hall–Kier alpha value is -2.24. The number of hydrogen-bond donors (Lipinski definition) is 4. The highest BCUT2D eigenvalue weighted by Gasteiger charge is 2.17. The molecular formula is C11H14N2O4. The molecule has 1 aromatic carbocycles. The molecule has 4 N–H and O–H groups in total. The molecule has 0 aliphatic rings. The number of carbonyl (C=O) groups is 2. The summed E-state index contributed by atoms with van der Waals surface area (Å²) >= 11 is 0. The van der Waals surface area contributed by atoms with Crippen molar-refractivity contribution in [1.29, 1.82) is 0 Å². The molecule has 0 aromatic heterocycles. The Morgan fingerprint density at radius 3 is 2.53 bits per heavy atom. The van der Waals surface area contributed by atoms with E-state index in [1.165, 1.54) is 26.1 Å². The summed E-state index contributed by atoms with van der Waals surface area (Å²) < 4.78 is 0. The lowest BCUT2D eigenvalue weighted by Crippen LogP contribution is -2.43. The number of carbonyl (C=O) groups excluding carboxylic acids is 2. The van der Waals surface area contributed by atoms with E-state index in [2.05, 4.69) is 10.6 Å². The first-order valence-electron chi connectivity index (χ1n) is 5.00. The molecule has 0 aliphatic carbocycles. The maximum atomic E-state index is 11.7. The molecule has 17 heavy (non-hydrogen) atoms. The average Bonchev–Trinajstić information content (AvgIpc) is 2.30. The van der Waals surface area contributed by atoms with Gasteiger partial charge in [0.1, 0.15) is 17.5 Å². The number of phenolic OH excluding ortho intramolecular Hbond substituents is 2. The molecular weight excluding hydrogens is 224 g/mol. The van der Waals surface area contributed by atoms with Crippen molar-refractivity contribution in [3.63, 3.8) is 0 Å². The Balaban J connectivity index is 2.83. The van der Waals surface area contributed by atoms with Gasteiger partial charge in [-0.05, 0) is 25.1 Å². The minimum Gasteiger partial charge on any atom is -0.508 e. The third-order valence-corrected chi connectivity index (χ3v) is 2.21. The van der Waals surface area contributed by atoms with E-state index in [1.807, 2.05) is 0 Å². The second kappa shape index (κ2) is 5.20. The number of likely N-dealkylation sites (N-methyl/N-ethyl adjacent to an activating group) is 1. The predicted octanol–water partition coefficient (Wildman–Crippen LogP) is -0.0379. The molecule has 0 saturated heterocycles. The van der Waals surface area contributed by atoms with Crippen molar-refractivity contribution in [1.82, 2.24) is 10.6 Å². The van der Waals surface area contributed by atoms with Crippen LogP contribution in [0.25, 0.3) is 0 Å². The number of hydrogen-bond acceptors (Lipinski definition) is 4. The second-order valence-corrected chi connectivity index (χ2v) is 3.51. The number of amides is 2. The van der Waals surface area contributed by atoms with Crippen molar-refractivity contribution in [3.05, 3.63) is 23.8 Å². The van der Waals surface area contributed by atoms with Crippen molar-refractivity contribution in [2.24, 2.45) is 0 Å². The van der Waals surface area contributed by atoms with E-state index in [4.69, 9.17) is 0 Å². The maximum absolute atomic E-state index is 11.7. The van der Waals surface area contributed by atoms with Gasteiger partial charge in [0.05, 0.1) is 5.56 Å². The molecule has 1 rings (SSSR count). The molecule has 0 bridgehead atoms. The predicted molar refractivity (Wildman–Crippen MR) is 60.8 cm³/mol. The fraction of sp³-hybridized carbons (Fsp3) is 0.273. The highest BCUT2D eigenvalue weighted by atomic mass is 16.3. The zero-order valence-corrected chi connectivity index (χ0v) is 9.52. The standard InChI is InChI=1S/C11H14N2O4/c1-6(10(16)12-2)13-11(17)8-5-7(14)3-4-9(8)15/h3-6,14-15H,1-2H3,(H,12,16)(H,13,17). The van der Waals surface area contributed by atoms with Gasteiger partial charge in [-0.3, -0.25) is 9.59 Å². The molecule has 1 unspecified atom stereocenters. The largest absolute Gasteiger partial charge is 0.508 e. The first-order valence-corrected chi connectivity index (χ1v) is 5.00. The summed E-state index contributed by atoms with van der Waals surface area (Å²) in [6.07, 6.45) is 0. The fourth-order valence-electron chi connectivity index (χ4n) is 1.26. The Bertz CT molecular complexity index is 445. The molecule has 0 aliphatic heterocycles. The van der Waals surface area contributed by atoms with Crippen molar-refractivity contribution < 1.29 is 19.8 Å². The molecule has 0 fully saturated rings. The lowest BCUT2D eigenvalue weighted by molar-refractivity contribution is -0.122. The van der Waals surface area contributed by atoms with Gasteiger partial charge < -0.3 is 20.8 Å². The monoisotopic (exact) mass is 238 g/mol. The first-order chi connectivity index (χ1) is 7.95. The smallest absolute Gasteiger partial charge is 0.255 e. The van der Waals surface area contributed by atoms with Crippen molar-refractivity contribution in [2.75, 3.05) is 7.05 Å². The van der Waals surface area contributed by atoms with Gasteiger partial charge in [0, 0.05) is 7.05 Å². The summed E-state index contributed by atoms with van der Waals surface area (Å²) in [4.78, 5) is 22.9. The van der Waals surface area contributed by atoms with E-state index in [-0.39, 0.29) is 23.0 Å². The van der Waals surface area contributed by atoms with Gasteiger partial charge in [-0.25, -0.2) is 0 Å². The molecule has 92 valence electrons. The highest BCUT2D eigenvalue weighted by molar-refractivity contribution is 5.99. The normalized spacial score (nSPS) is 11.6. The number of nitrogens with one attached hydrogen (secondary N) is 2. The number of rotatable bonds is 3. The second-order valence-electron chi connectivity index (χ2n) is 3.51. The highest BCUT2D eigenvalue weighted by Crippen LogP contribution is 2.21. The Morgan fingerprint density at radius 2 is 1.94 bits per heavy atom. The van der Waals surface area contributed by atoms with Crippen LogP contribution in [0, 0.1) is 0 Å². The van der Waals surface area contributed by atoms with E-state index in [0.29, 0.717) is 0 Å². The minimum atomic E-state index is -0.728. The van der Waals surface area contributed by atoms with Crippen LogP contribution in [-0.4, -0.2) is 35.1 Å². The first kappa shape index (κ1) is 12.8. The summed E-state index contributed by atoms with van der Waals surface area (Å²) in [5.41, 5.74) is -0.0826. The van der Waals surface area contributed by atoms with Crippen LogP contribution >= 0.6 is 0 Å². The SMILES string of the molecule is CNC(=O)C(C)NC(=O)c1cc(O)ccc1O. The van der Waals surface area contributed by atoms with Crippen LogP contribution in [0.3, 0.4) is 0 Å². The van der Waals surface area contributed by atoms with E-state index in [9.17, 15) is 19.8 Å². The lowest BCUT2D eigenvalue weighted by Gasteiger charge is -2.12. The van der Waals surface area contributed by atoms with E-state index in [1.54, 1.807) is 0 Å². The fourth-order valence-corrected chi connectivity index (χ4v) is 1.26. The Morgan fingerprint density at radius 1 is 1.29 bits per heavy atom. The maximum Gasteiger partial charge on any atom is 0.255 e. The van der Waals surface area contributed by atoms with Crippen LogP contribution in [0.1, 0.15) is 17.3 Å². The van der Waals surface area contributed by atoms with Gasteiger partial charge in [0.15, 0.2) is 0 Å². The summed E-state index contributed by atoms with van der Waals surface area (Å²) in [7, 11) is 1.46. The number of phenols is 2. The van der Waals surface area contributed by atoms with E-state index >= 15 is 0 Å². The van der Waals surface area contributed by atoms with Crippen LogP contribution in [0.15, 0.2) is 18.2 Å². The van der Waals surface area contributed by atoms with Crippen LogP contribution in [-0.2, 0) is 4.79 Å². The molecule has 1 atom stereocenters. The quantitative estimate of drug-likeness (QED) is 0.555. The zero-order valence-electron chi connectivity index (χ0n) is 9.52. The third kappa shape index (κ3) is 3.10. The van der Waals surface area contributed by atoms with Gasteiger partial charge >= 0.3 is 0 Å². The van der Waals surface area contributed by atoms with Crippen molar-refractivity contribution >= 4 is 11.8 Å². The molecule has 0 spiro atoms. The summed E-state index contributed by atoms with van der Waals surface area (Å²) in [5.74, 6) is -1.38. The van der Waals surface area contributed by atoms with Crippen LogP contribution < -0.4 is 10.6 Å². The summed E-state index contributed by atoms with van der Waals surface area (Å²) in [5, 5.41) is 23.4. The molecule has 0 saturated carbocycles. The average molecular weight is 238 g/mol. The van der Waals surface area contributed by atoms with Crippen molar-refractivity contribution in [2.45, 2.75) is 13.0 Å². The van der Waals surface area contributed by atoms with Gasteiger partial charge in [-0.15, -0.1) is 0 Å². The molecule has 0 radical (unpaired) electrons. The van der Waals surface area contributed by atoms with E-state index < -0.39 is 11.9 Å². The Labute approximate surface area is 98.3 Å². The minimum absolute atomic E-state index is 0.0826. The topological polar surface area (TPSA) is 98.7 Å². The summed E-state index contributed by atoms with van der Waals surface area (Å²) in [6.45, 7) is 1.51. The van der Waals surface area contributed by atoms with Gasteiger partial charge in [0.2, 0.25) is 5.91 Å². The Kier molecular flexibility index (Phi) is 3.92. The van der Waals surface area contributed by atoms with Crippen LogP contribution in [0.2, 0.25) is 0 Å². The molecule has 0 heterocycles. The number of benzene rings is 1. The van der Waals surface area contributed by atoms with Crippen molar-refractivity contribution in [3.8, 4) is 11.5 Å². The van der Waals surface area contributed by atoms with Crippen LogP contribution in [0.4, 0.5) is 0 Å².